The highest BCUT2D eigenvalue weighted by molar-refractivity contribution is 7.89. The van der Waals surface area contributed by atoms with Gasteiger partial charge in [0, 0.05) is 5.39 Å². The maximum Gasteiger partial charge on any atom is 0.287 e. The summed E-state index contributed by atoms with van der Waals surface area (Å²) in [6.45, 7) is 3.07. The van der Waals surface area contributed by atoms with Crippen molar-refractivity contribution < 1.29 is 17.7 Å². The minimum atomic E-state index is -4.14. The van der Waals surface area contributed by atoms with Crippen LogP contribution in [-0.2, 0) is 16.6 Å². The van der Waals surface area contributed by atoms with Crippen LogP contribution in [0.25, 0.3) is 10.8 Å². The van der Waals surface area contributed by atoms with Crippen molar-refractivity contribution in [2.45, 2.75) is 25.3 Å². The van der Waals surface area contributed by atoms with E-state index in [0.29, 0.717) is 5.39 Å². The van der Waals surface area contributed by atoms with Crippen LogP contribution >= 0.6 is 0 Å². The first-order valence-corrected chi connectivity index (χ1v) is 11.0. The Labute approximate surface area is 182 Å². The zero-order valence-corrected chi connectivity index (χ0v) is 18.0. The highest BCUT2D eigenvalue weighted by atomic mass is 32.2. The van der Waals surface area contributed by atoms with Gasteiger partial charge >= 0.3 is 0 Å². The summed E-state index contributed by atoms with van der Waals surface area (Å²) in [7, 11) is -4.14. The topological polar surface area (TPSA) is 136 Å². The summed E-state index contributed by atoms with van der Waals surface area (Å²) in [6.07, 6.45) is 0. The number of aryl methyl sites for hydroxylation is 2. The number of benzene rings is 2. The van der Waals surface area contributed by atoms with Crippen LogP contribution in [0.5, 0.6) is 0 Å². The minimum absolute atomic E-state index is 0.0873. The molecule has 0 atom stereocenters. The van der Waals surface area contributed by atoms with Gasteiger partial charge in [0.1, 0.15) is 10.6 Å². The van der Waals surface area contributed by atoms with Crippen LogP contribution in [0.15, 0.2) is 68.8 Å². The van der Waals surface area contributed by atoms with Crippen LogP contribution in [0.2, 0.25) is 0 Å². The summed E-state index contributed by atoms with van der Waals surface area (Å²) < 4.78 is 31.3. The fourth-order valence-corrected chi connectivity index (χ4v) is 4.52. The number of hydrogen-bond acceptors (Lipinski definition) is 7. The van der Waals surface area contributed by atoms with Gasteiger partial charge in [0.15, 0.2) is 11.5 Å². The van der Waals surface area contributed by atoms with Gasteiger partial charge in [-0.05, 0) is 25.5 Å². The third-order valence-electron chi connectivity index (χ3n) is 4.79. The molecule has 0 aliphatic carbocycles. The number of amides is 1. The van der Waals surface area contributed by atoms with Crippen molar-refractivity contribution in [1.29, 1.82) is 0 Å². The maximum atomic E-state index is 12.9. The molecule has 32 heavy (non-hydrogen) atoms. The number of carbonyl (C=O) groups is 1. The van der Waals surface area contributed by atoms with E-state index in [1.807, 2.05) is 35.2 Å². The Bertz CT molecular complexity index is 1460. The second-order valence-corrected chi connectivity index (χ2v) is 8.67. The van der Waals surface area contributed by atoms with Crippen LogP contribution < -0.4 is 15.8 Å². The van der Waals surface area contributed by atoms with Crippen molar-refractivity contribution in [2.75, 3.05) is 0 Å². The molecule has 164 valence electrons. The van der Waals surface area contributed by atoms with Crippen molar-refractivity contribution in [1.82, 2.24) is 25.2 Å². The zero-order valence-electron chi connectivity index (χ0n) is 17.2. The standard InChI is InChI=1S/C21H19N5O5S/c1-13-19(14(2)31-24-13)32(29,30)25-22-20(27)18-16-10-6-7-11-17(16)21(28)26(23-18)12-15-8-4-3-5-9-15/h3-11,25H,12H2,1-2H3,(H,22,27). The Morgan fingerprint density at radius 1 is 1.03 bits per heavy atom. The largest absolute Gasteiger partial charge is 0.360 e. The maximum absolute atomic E-state index is 12.9. The molecule has 10 nitrogen and oxygen atoms in total. The van der Waals surface area contributed by atoms with E-state index in [1.165, 1.54) is 18.5 Å². The average Bonchev–Trinajstić information content (AvgIpc) is 3.13. The molecule has 0 fully saturated rings. The van der Waals surface area contributed by atoms with E-state index in [4.69, 9.17) is 4.52 Å². The van der Waals surface area contributed by atoms with Gasteiger partial charge in [0.05, 0.1) is 11.9 Å². The van der Waals surface area contributed by atoms with Crippen molar-refractivity contribution in [3.05, 3.63) is 87.7 Å². The normalized spacial score (nSPS) is 11.6. The van der Waals surface area contributed by atoms with Crippen LogP contribution in [-0.4, -0.2) is 29.3 Å². The van der Waals surface area contributed by atoms with Crippen LogP contribution in [0.4, 0.5) is 0 Å². The first-order chi connectivity index (χ1) is 15.3. The number of nitrogens with zero attached hydrogens (tertiary/aromatic N) is 3. The third kappa shape index (κ3) is 4.03. The Morgan fingerprint density at radius 2 is 1.69 bits per heavy atom. The Hall–Kier alpha value is -3.83. The number of aromatic nitrogens is 3. The highest BCUT2D eigenvalue weighted by Crippen LogP contribution is 2.18. The second-order valence-electron chi connectivity index (χ2n) is 7.06. The predicted octanol–water partition coefficient (Wildman–Crippen LogP) is 1.67. The summed E-state index contributed by atoms with van der Waals surface area (Å²) >= 11 is 0. The highest BCUT2D eigenvalue weighted by Gasteiger charge is 2.26. The fraction of sp³-hybridized carbons (Fsp3) is 0.143. The van der Waals surface area contributed by atoms with Crippen molar-refractivity contribution in [2.24, 2.45) is 0 Å². The van der Waals surface area contributed by atoms with Crippen molar-refractivity contribution in [3.8, 4) is 0 Å². The molecule has 2 N–H and O–H groups in total. The lowest BCUT2D eigenvalue weighted by atomic mass is 10.1. The lowest BCUT2D eigenvalue weighted by Crippen LogP contribution is -2.43. The SMILES string of the molecule is Cc1noc(C)c1S(=O)(=O)NNC(=O)c1nn(Cc2ccccc2)c(=O)c2ccccc12. The first-order valence-electron chi connectivity index (χ1n) is 9.57. The Morgan fingerprint density at radius 3 is 2.34 bits per heavy atom. The lowest BCUT2D eigenvalue weighted by molar-refractivity contribution is 0.0939. The molecule has 4 aromatic rings. The molecule has 0 bridgehead atoms. The number of hydrazine groups is 1. The van der Waals surface area contributed by atoms with Gasteiger partial charge in [-0.25, -0.2) is 13.1 Å². The fourth-order valence-electron chi connectivity index (χ4n) is 3.35. The number of hydrogen-bond donors (Lipinski definition) is 2. The molecule has 0 aliphatic rings. The summed E-state index contributed by atoms with van der Waals surface area (Å²) in [6, 6.07) is 15.7. The van der Waals surface area contributed by atoms with E-state index in [2.05, 4.69) is 15.7 Å². The summed E-state index contributed by atoms with van der Waals surface area (Å²) in [5.41, 5.74) is 2.68. The van der Waals surface area contributed by atoms with E-state index in [0.717, 1.165) is 5.56 Å². The van der Waals surface area contributed by atoms with Crippen molar-refractivity contribution >= 4 is 26.7 Å². The minimum Gasteiger partial charge on any atom is -0.360 e. The summed E-state index contributed by atoms with van der Waals surface area (Å²) in [5, 5.41) is 8.42. The monoisotopic (exact) mass is 453 g/mol. The molecule has 11 heteroatoms. The van der Waals surface area contributed by atoms with Gasteiger partial charge in [-0.2, -0.15) is 5.10 Å². The molecule has 0 aliphatic heterocycles. The molecule has 2 heterocycles. The number of fused-ring (bicyclic) bond motifs is 1. The van der Waals surface area contributed by atoms with E-state index >= 15 is 0 Å². The lowest BCUT2D eigenvalue weighted by Gasteiger charge is -2.12. The molecule has 0 unspecified atom stereocenters. The Balaban J connectivity index is 1.69. The zero-order chi connectivity index (χ0) is 22.9. The van der Waals surface area contributed by atoms with Gasteiger partial charge in [0.2, 0.25) is 0 Å². The summed E-state index contributed by atoms with van der Waals surface area (Å²) in [4.78, 5) is 27.7. The summed E-state index contributed by atoms with van der Waals surface area (Å²) in [5.74, 6) is -0.734. The molecule has 2 aromatic carbocycles. The molecule has 0 radical (unpaired) electrons. The number of rotatable bonds is 6. The molecule has 1 amide bonds. The Kier molecular flexibility index (Phi) is 5.59. The van der Waals surface area contributed by atoms with Crippen LogP contribution in [0.1, 0.15) is 27.5 Å². The van der Waals surface area contributed by atoms with Gasteiger partial charge < -0.3 is 4.52 Å². The molecule has 0 spiro atoms. The molecule has 0 saturated carbocycles. The molecule has 2 aromatic heterocycles. The van der Waals surface area contributed by atoms with E-state index in [-0.39, 0.29) is 39.5 Å². The number of sulfonamides is 1. The quantitative estimate of drug-likeness (QED) is 0.424. The van der Waals surface area contributed by atoms with Gasteiger partial charge in [-0.1, -0.05) is 53.7 Å². The van der Waals surface area contributed by atoms with Gasteiger partial charge in [-0.3, -0.25) is 15.0 Å². The second kappa shape index (κ2) is 8.36. The molecule has 4 rings (SSSR count). The van der Waals surface area contributed by atoms with E-state index in [1.54, 1.807) is 24.3 Å². The number of carbonyl (C=O) groups excluding carboxylic acids is 1. The smallest absolute Gasteiger partial charge is 0.287 e. The van der Waals surface area contributed by atoms with Gasteiger partial charge in [-0.15, -0.1) is 4.83 Å². The predicted molar refractivity (Wildman–Crippen MR) is 115 cm³/mol. The molecular formula is C21H19N5O5S. The third-order valence-corrected chi connectivity index (χ3v) is 6.28. The van der Waals surface area contributed by atoms with Crippen molar-refractivity contribution in [3.63, 3.8) is 0 Å². The first kappa shape index (κ1) is 21.4. The van der Waals surface area contributed by atoms with Crippen LogP contribution in [0.3, 0.4) is 0 Å². The van der Waals surface area contributed by atoms with E-state index < -0.39 is 15.9 Å². The van der Waals surface area contributed by atoms with E-state index in [9.17, 15) is 18.0 Å². The van der Waals surface area contributed by atoms with Gasteiger partial charge in [0.25, 0.3) is 21.5 Å². The molecule has 0 saturated heterocycles. The molecular weight excluding hydrogens is 434 g/mol. The van der Waals surface area contributed by atoms with Crippen LogP contribution in [0, 0.1) is 13.8 Å². The number of nitrogens with one attached hydrogen (secondary N) is 2. The average molecular weight is 453 g/mol.